The normalized spacial score (nSPS) is 16.1. The van der Waals surface area contributed by atoms with Crippen LogP contribution >= 0.6 is 0 Å². The molecule has 3 aromatic rings. The maximum atomic E-state index is 11.0. The van der Waals surface area contributed by atoms with Gasteiger partial charge >= 0.3 is 5.97 Å². The molecule has 0 saturated carbocycles. The number of aliphatic hydroxyl groups is 1. The number of hydrogen-bond donors (Lipinski definition) is 3. The fourth-order valence-electron chi connectivity index (χ4n) is 3.97. The van der Waals surface area contributed by atoms with Gasteiger partial charge in [0.1, 0.15) is 11.9 Å². The summed E-state index contributed by atoms with van der Waals surface area (Å²) < 4.78 is 6.16. The lowest BCUT2D eigenvalue weighted by molar-refractivity contribution is 0.0697. The highest BCUT2D eigenvalue weighted by Crippen LogP contribution is 2.29. The summed E-state index contributed by atoms with van der Waals surface area (Å²) in [7, 11) is 0. The van der Waals surface area contributed by atoms with Crippen LogP contribution < -0.4 is 10.1 Å². The van der Waals surface area contributed by atoms with Gasteiger partial charge in [0.25, 0.3) is 0 Å². The number of nitrogens with one attached hydrogen (secondary N) is 1. The Morgan fingerprint density at radius 1 is 1.12 bits per heavy atom. The van der Waals surface area contributed by atoms with Crippen LogP contribution in [0.15, 0.2) is 67.0 Å². The Balaban J connectivity index is 1.25. The van der Waals surface area contributed by atoms with Crippen molar-refractivity contribution in [1.82, 2.24) is 10.3 Å². The Kier molecular flexibility index (Phi) is 7.14. The molecule has 0 fully saturated rings. The maximum absolute atomic E-state index is 11.0. The molecule has 6 heteroatoms. The predicted molar refractivity (Wildman–Crippen MR) is 122 cm³/mol. The largest absolute Gasteiger partial charge is 0.489 e. The summed E-state index contributed by atoms with van der Waals surface area (Å²) in [6.45, 7) is 1.15. The first-order valence-corrected chi connectivity index (χ1v) is 11.0. The van der Waals surface area contributed by atoms with Crippen molar-refractivity contribution in [3.8, 4) is 5.75 Å². The van der Waals surface area contributed by atoms with Crippen LogP contribution in [0.3, 0.4) is 0 Å². The molecule has 166 valence electrons. The van der Waals surface area contributed by atoms with Crippen molar-refractivity contribution in [1.29, 1.82) is 0 Å². The molecular weight excluding hydrogens is 404 g/mol. The predicted octanol–water partition coefficient (Wildman–Crippen LogP) is 3.58. The van der Waals surface area contributed by atoms with Crippen LogP contribution in [0.2, 0.25) is 0 Å². The number of carbonyl (C=O) groups is 1. The molecule has 0 radical (unpaired) electrons. The van der Waals surface area contributed by atoms with Crippen LogP contribution in [0.25, 0.3) is 0 Å². The van der Waals surface area contributed by atoms with Gasteiger partial charge in [0.05, 0.1) is 11.7 Å². The second-order valence-corrected chi connectivity index (χ2v) is 8.18. The molecule has 32 heavy (non-hydrogen) atoms. The molecular formula is C26H28N2O4. The summed E-state index contributed by atoms with van der Waals surface area (Å²) in [5.41, 5.74) is 4.74. The number of ether oxygens (including phenoxy) is 1. The van der Waals surface area contributed by atoms with Gasteiger partial charge in [-0.1, -0.05) is 30.3 Å². The summed E-state index contributed by atoms with van der Waals surface area (Å²) >= 11 is 0. The van der Waals surface area contributed by atoms with E-state index in [0.29, 0.717) is 18.7 Å². The molecule has 6 nitrogen and oxygen atoms in total. The summed E-state index contributed by atoms with van der Waals surface area (Å²) in [4.78, 5) is 15.0. The molecule has 4 rings (SSSR count). The standard InChI is InChI=1S/C26H28N2O4/c29-24(22-2-1-13-27-15-22)17-28-16-23-11-10-21-14-19(7-12-25(21)32-23)4-3-18-5-8-20(9-6-18)26(30)31/h1-2,5-9,12-15,23-24,28-29H,3-4,10-11,16-17H2,(H,30,31)/t23-,24-/m0/s1. The second-order valence-electron chi connectivity index (χ2n) is 8.18. The van der Waals surface area contributed by atoms with E-state index >= 15 is 0 Å². The minimum absolute atomic E-state index is 0.0854. The molecule has 0 aliphatic carbocycles. The monoisotopic (exact) mass is 432 g/mol. The third-order valence-electron chi connectivity index (χ3n) is 5.84. The van der Waals surface area contributed by atoms with Crippen LogP contribution in [-0.2, 0) is 19.3 Å². The van der Waals surface area contributed by atoms with Gasteiger partial charge in [-0.05, 0) is 66.6 Å². The number of benzene rings is 2. The van der Waals surface area contributed by atoms with Crippen molar-refractivity contribution in [2.75, 3.05) is 13.1 Å². The Hall–Kier alpha value is -3.22. The van der Waals surface area contributed by atoms with E-state index in [-0.39, 0.29) is 6.10 Å². The first-order valence-electron chi connectivity index (χ1n) is 11.0. The SMILES string of the molecule is O=C(O)c1ccc(CCc2ccc3c(c2)CC[C@@H](CNC[C@H](O)c2cccnc2)O3)cc1. The van der Waals surface area contributed by atoms with Gasteiger partial charge in [-0.15, -0.1) is 0 Å². The molecule has 0 unspecified atom stereocenters. The number of aromatic nitrogens is 1. The number of aliphatic hydroxyl groups excluding tert-OH is 1. The number of nitrogens with zero attached hydrogens (tertiary/aromatic N) is 1. The average Bonchev–Trinajstić information content (AvgIpc) is 2.83. The highest BCUT2D eigenvalue weighted by molar-refractivity contribution is 5.87. The van der Waals surface area contributed by atoms with Crippen LogP contribution in [-0.4, -0.2) is 40.4 Å². The van der Waals surface area contributed by atoms with Crippen molar-refractivity contribution in [2.45, 2.75) is 37.9 Å². The number of carboxylic acid groups (broad SMARTS) is 1. The quantitative estimate of drug-likeness (QED) is 0.479. The summed E-state index contributed by atoms with van der Waals surface area (Å²) in [6.07, 6.45) is 6.55. The minimum Gasteiger partial charge on any atom is -0.489 e. The Labute approximate surface area is 187 Å². The Morgan fingerprint density at radius 3 is 2.66 bits per heavy atom. The van der Waals surface area contributed by atoms with Gasteiger partial charge in [-0.3, -0.25) is 4.98 Å². The molecule has 2 atom stereocenters. The Morgan fingerprint density at radius 2 is 1.91 bits per heavy atom. The fraction of sp³-hybridized carbons (Fsp3) is 0.308. The number of rotatable bonds is 9. The summed E-state index contributed by atoms with van der Waals surface area (Å²) in [5.74, 6) is 0.0369. The van der Waals surface area contributed by atoms with Gasteiger partial charge in [0, 0.05) is 31.0 Å². The number of aromatic carboxylic acids is 1. The van der Waals surface area contributed by atoms with E-state index in [1.807, 2.05) is 24.3 Å². The van der Waals surface area contributed by atoms with Gasteiger partial charge in [0.2, 0.25) is 0 Å². The third-order valence-corrected chi connectivity index (χ3v) is 5.84. The van der Waals surface area contributed by atoms with Crippen molar-refractivity contribution in [3.63, 3.8) is 0 Å². The van der Waals surface area contributed by atoms with Gasteiger partial charge in [-0.2, -0.15) is 0 Å². The molecule has 0 spiro atoms. The topological polar surface area (TPSA) is 91.7 Å². The molecule has 2 heterocycles. The summed E-state index contributed by atoms with van der Waals surface area (Å²) in [6, 6.07) is 17.1. The van der Waals surface area contributed by atoms with Gasteiger partial charge < -0.3 is 20.3 Å². The number of carboxylic acids is 1. The minimum atomic E-state index is -0.899. The summed E-state index contributed by atoms with van der Waals surface area (Å²) in [5, 5.41) is 22.5. The number of aryl methyl sites for hydroxylation is 3. The molecule has 0 bridgehead atoms. The number of hydrogen-bond acceptors (Lipinski definition) is 5. The van der Waals surface area contributed by atoms with E-state index in [1.165, 1.54) is 11.1 Å². The number of fused-ring (bicyclic) bond motifs is 1. The van der Waals surface area contributed by atoms with E-state index in [2.05, 4.69) is 28.5 Å². The van der Waals surface area contributed by atoms with Crippen molar-refractivity contribution in [3.05, 3.63) is 94.8 Å². The van der Waals surface area contributed by atoms with Crippen molar-refractivity contribution in [2.24, 2.45) is 0 Å². The van der Waals surface area contributed by atoms with E-state index in [1.54, 1.807) is 24.5 Å². The molecule has 0 amide bonds. The van der Waals surface area contributed by atoms with Gasteiger partial charge in [0.15, 0.2) is 0 Å². The zero-order chi connectivity index (χ0) is 22.3. The number of pyridine rings is 1. The van der Waals surface area contributed by atoms with Crippen molar-refractivity contribution < 1.29 is 19.7 Å². The van der Waals surface area contributed by atoms with Crippen LogP contribution in [0.4, 0.5) is 0 Å². The molecule has 1 aliphatic rings. The molecule has 1 aliphatic heterocycles. The lowest BCUT2D eigenvalue weighted by Gasteiger charge is -2.27. The maximum Gasteiger partial charge on any atom is 0.335 e. The van der Waals surface area contributed by atoms with Crippen LogP contribution in [0.1, 0.15) is 45.1 Å². The lowest BCUT2D eigenvalue weighted by atomic mass is 9.97. The smallest absolute Gasteiger partial charge is 0.335 e. The highest BCUT2D eigenvalue weighted by Gasteiger charge is 2.20. The van der Waals surface area contributed by atoms with E-state index in [4.69, 9.17) is 9.84 Å². The second kappa shape index (κ2) is 10.4. The van der Waals surface area contributed by atoms with E-state index in [0.717, 1.165) is 42.6 Å². The van der Waals surface area contributed by atoms with Crippen LogP contribution in [0, 0.1) is 0 Å². The first kappa shape index (κ1) is 22.0. The van der Waals surface area contributed by atoms with E-state index in [9.17, 15) is 9.90 Å². The lowest BCUT2D eigenvalue weighted by Crippen LogP contribution is -2.36. The fourth-order valence-corrected chi connectivity index (χ4v) is 3.97. The highest BCUT2D eigenvalue weighted by atomic mass is 16.5. The van der Waals surface area contributed by atoms with Crippen LogP contribution in [0.5, 0.6) is 5.75 Å². The third kappa shape index (κ3) is 5.72. The molecule has 0 saturated heterocycles. The Bertz CT molecular complexity index is 1040. The first-order chi connectivity index (χ1) is 15.6. The average molecular weight is 433 g/mol. The molecule has 3 N–H and O–H groups in total. The van der Waals surface area contributed by atoms with Gasteiger partial charge in [-0.25, -0.2) is 4.79 Å². The molecule has 1 aromatic heterocycles. The molecule has 2 aromatic carbocycles. The zero-order valence-corrected chi connectivity index (χ0v) is 17.9. The zero-order valence-electron chi connectivity index (χ0n) is 17.9. The van der Waals surface area contributed by atoms with Crippen molar-refractivity contribution >= 4 is 5.97 Å². The van der Waals surface area contributed by atoms with E-state index < -0.39 is 12.1 Å².